The number of hydrogen-bond donors (Lipinski definition) is 5. The lowest BCUT2D eigenvalue weighted by molar-refractivity contribution is -0.0350. The fourth-order valence-electron chi connectivity index (χ4n) is 7.89. The number of rotatable bonds is 3. The van der Waals surface area contributed by atoms with Crippen LogP contribution in [0.15, 0.2) is 66.7 Å². The molecule has 5 N–H and O–H groups in total. The van der Waals surface area contributed by atoms with Gasteiger partial charge in [-0.3, -0.25) is 4.90 Å². The normalized spacial score (nSPS) is 26.3. The van der Waals surface area contributed by atoms with Crippen molar-refractivity contribution >= 4 is 18.7 Å². The molecule has 1 saturated heterocycles. The number of benzene rings is 3. The first-order chi connectivity index (χ1) is 18.7. The molecule has 8 nitrogen and oxygen atoms in total. The van der Waals surface area contributed by atoms with Crippen molar-refractivity contribution < 1.29 is 29.1 Å². The summed E-state index contributed by atoms with van der Waals surface area (Å²) in [4.78, 5) is 28.1. The summed E-state index contributed by atoms with van der Waals surface area (Å²) < 4.78 is 15.6. The Hall–Kier alpha value is -3.13. The molecule has 4 aliphatic rings. The maximum absolute atomic E-state index is 10.8. The van der Waals surface area contributed by atoms with Crippen molar-refractivity contribution in [1.82, 2.24) is 9.88 Å². The third kappa shape index (κ3) is 3.93. The molecule has 8 rings (SSSR count). The topological polar surface area (TPSA) is 126 Å². The fraction of sp³-hybridized carbons (Fsp3) is 0.333. The molecular formula is C30H31N2O6P. The van der Waals surface area contributed by atoms with Crippen LogP contribution in [0.2, 0.25) is 0 Å². The summed E-state index contributed by atoms with van der Waals surface area (Å²) in [5.41, 5.74) is 7.90. The van der Waals surface area contributed by atoms with E-state index in [1.54, 1.807) is 0 Å². The predicted molar refractivity (Wildman–Crippen MR) is 147 cm³/mol. The van der Waals surface area contributed by atoms with Crippen LogP contribution in [0.1, 0.15) is 40.5 Å². The highest BCUT2D eigenvalue weighted by atomic mass is 31.2. The summed E-state index contributed by atoms with van der Waals surface area (Å²) in [6.07, 6.45) is 4.22. The minimum absolute atomic E-state index is 0.0465. The van der Waals surface area contributed by atoms with Gasteiger partial charge in [0.1, 0.15) is 6.10 Å². The number of H-pyrrole nitrogens is 1. The standard InChI is InChI=1S/C30H28N2O2.H3O4P/c33-25-11-10-19-16-24-22-17-21-20-8-4-5-9-23(20)31-27(21)29-30(22,26(19)28(25)34-29)13-15-32(24)14-12-18-6-2-1-3-7-18;1-5(2,3)4/h1-11,22,24,29,31,33H,12-17H2;(H3,1,2,3,4)/t22-,24-,29-,30-;/m0./s1. The number of nitrogens with one attached hydrogen (secondary N) is 1. The van der Waals surface area contributed by atoms with Crippen molar-refractivity contribution in [3.8, 4) is 11.5 Å². The molecule has 2 bridgehead atoms. The Morgan fingerprint density at radius 3 is 2.54 bits per heavy atom. The number of phosphoric acid groups is 1. The van der Waals surface area contributed by atoms with Crippen molar-refractivity contribution in [1.29, 1.82) is 0 Å². The maximum atomic E-state index is 10.8. The smallest absolute Gasteiger partial charge is 0.466 e. The highest BCUT2D eigenvalue weighted by Crippen LogP contribution is 2.67. The van der Waals surface area contributed by atoms with Crippen LogP contribution in [0.5, 0.6) is 11.5 Å². The number of fused-ring (bicyclic) bond motifs is 4. The molecule has 4 aromatic rings. The van der Waals surface area contributed by atoms with Gasteiger partial charge in [-0.05, 0) is 67.0 Å². The summed E-state index contributed by atoms with van der Waals surface area (Å²) in [6, 6.07) is 24.1. The number of phenols is 1. The van der Waals surface area contributed by atoms with Crippen LogP contribution < -0.4 is 4.74 Å². The van der Waals surface area contributed by atoms with Crippen LogP contribution in [-0.2, 0) is 29.2 Å². The van der Waals surface area contributed by atoms with E-state index < -0.39 is 7.82 Å². The molecule has 3 aromatic carbocycles. The zero-order valence-electron chi connectivity index (χ0n) is 21.3. The predicted octanol–water partition coefficient (Wildman–Crippen LogP) is 4.36. The lowest BCUT2D eigenvalue weighted by Gasteiger charge is -2.58. The van der Waals surface area contributed by atoms with Crippen LogP contribution in [-0.4, -0.2) is 48.8 Å². The summed E-state index contributed by atoms with van der Waals surface area (Å²) in [6.45, 7) is 2.17. The fourth-order valence-corrected chi connectivity index (χ4v) is 7.89. The second-order valence-corrected chi connectivity index (χ2v) is 12.2. The summed E-state index contributed by atoms with van der Waals surface area (Å²) >= 11 is 0. The SMILES string of the molecule is O=P(O)(O)O.Oc1ccc2c3c1O[C@H]1c4[nH]c5ccccc5c4C[C@H]4[C@H](C2)N(CCc2ccccc2)CC[C@]314. The first-order valence-corrected chi connectivity index (χ1v) is 15.0. The molecule has 3 heterocycles. The van der Waals surface area contributed by atoms with Gasteiger partial charge in [-0.15, -0.1) is 0 Å². The van der Waals surface area contributed by atoms with E-state index in [9.17, 15) is 5.11 Å². The molecule has 0 radical (unpaired) electrons. The minimum atomic E-state index is -4.64. The van der Waals surface area contributed by atoms with Gasteiger partial charge in [0, 0.05) is 34.5 Å². The Balaban J connectivity index is 0.000000468. The number of nitrogens with zero attached hydrogens (tertiary/aromatic N) is 1. The molecule has 2 aliphatic heterocycles. The second-order valence-electron chi connectivity index (χ2n) is 11.2. The molecule has 2 aliphatic carbocycles. The average Bonchev–Trinajstić information content (AvgIpc) is 3.45. The van der Waals surface area contributed by atoms with Crippen LogP contribution >= 0.6 is 7.82 Å². The molecule has 1 aromatic heterocycles. The number of likely N-dealkylation sites (tertiary alicyclic amines) is 1. The molecule has 202 valence electrons. The second kappa shape index (κ2) is 8.95. The highest BCUT2D eigenvalue weighted by molar-refractivity contribution is 7.45. The monoisotopic (exact) mass is 546 g/mol. The van der Waals surface area contributed by atoms with Crippen molar-refractivity contribution in [2.75, 3.05) is 13.1 Å². The van der Waals surface area contributed by atoms with E-state index in [1.807, 2.05) is 6.07 Å². The third-order valence-electron chi connectivity index (χ3n) is 9.29. The van der Waals surface area contributed by atoms with Crippen molar-refractivity contribution in [2.24, 2.45) is 5.92 Å². The van der Waals surface area contributed by atoms with Crippen LogP contribution in [0.4, 0.5) is 0 Å². The Morgan fingerprint density at radius 2 is 1.74 bits per heavy atom. The van der Waals surface area contributed by atoms with Gasteiger partial charge in [0.25, 0.3) is 0 Å². The molecule has 0 amide bonds. The number of hydrogen-bond acceptors (Lipinski definition) is 4. The van der Waals surface area contributed by atoms with Gasteiger partial charge in [0.05, 0.1) is 5.69 Å². The first-order valence-electron chi connectivity index (χ1n) is 13.4. The highest BCUT2D eigenvalue weighted by Gasteiger charge is 2.65. The van der Waals surface area contributed by atoms with E-state index in [0.717, 1.165) is 44.5 Å². The van der Waals surface area contributed by atoms with Crippen LogP contribution in [0, 0.1) is 5.92 Å². The van der Waals surface area contributed by atoms with E-state index in [-0.39, 0.29) is 11.5 Å². The van der Waals surface area contributed by atoms with Gasteiger partial charge in [-0.1, -0.05) is 54.6 Å². The molecule has 0 saturated carbocycles. The number of aromatic amines is 1. The molecule has 1 fully saturated rings. The zero-order valence-corrected chi connectivity index (χ0v) is 22.2. The number of ether oxygens (including phenoxy) is 1. The summed E-state index contributed by atoms with van der Waals surface area (Å²) in [7, 11) is -4.64. The van der Waals surface area contributed by atoms with Crippen LogP contribution in [0.25, 0.3) is 10.9 Å². The van der Waals surface area contributed by atoms with Gasteiger partial charge in [0.15, 0.2) is 11.5 Å². The molecule has 39 heavy (non-hydrogen) atoms. The number of piperidine rings is 1. The van der Waals surface area contributed by atoms with E-state index in [1.165, 1.54) is 38.9 Å². The Morgan fingerprint density at radius 1 is 1.00 bits per heavy atom. The number of phenolic OH excluding ortho intramolecular Hbond substituents is 1. The zero-order chi connectivity index (χ0) is 26.9. The minimum Gasteiger partial charge on any atom is -0.504 e. The number of aromatic nitrogens is 1. The maximum Gasteiger partial charge on any atom is 0.466 e. The number of aromatic hydroxyl groups is 1. The molecular weight excluding hydrogens is 515 g/mol. The van der Waals surface area contributed by atoms with Gasteiger partial charge in [-0.25, -0.2) is 4.57 Å². The van der Waals surface area contributed by atoms with Gasteiger partial charge in [-0.2, -0.15) is 0 Å². The van der Waals surface area contributed by atoms with E-state index >= 15 is 0 Å². The molecule has 1 spiro atoms. The number of para-hydroxylation sites is 1. The first kappa shape index (κ1) is 24.9. The molecule has 0 unspecified atom stereocenters. The Labute approximate surface area is 226 Å². The van der Waals surface area contributed by atoms with E-state index in [2.05, 4.69) is 70.5 Å². The molecule has 4 atom stereocenters. The lowest BCUT2D eigenvalue weighted by atomic mass is 9.51. The quantitative estimate of drug-likeness (QED) is 0.242. The van der Waals surface area contributed by atoms with Crippen LogP contribution in [0.3, 0.4) is 0 Å². The Kier molecular flexibility index (Phi) is 5.71. The lowest BCUT2D eigenvalue weighted by Crippen LogP contribution is -2.63. The van der Waals surface area contributed by atoms with Gasteiger partial charge in [0.2, 0.25) is 0 Å². The summed E-state index contributed by atoms with van der Waals surface area (Å²) in [5.74, 6) is 1.53. The van der Waals surface area contributed by atoms with Crippen molar-refractivity contribution in [2.45, 2.75) is 43.2 Å². The average molecular weight is 547 g/mol. The Bertz CT molecular complexity index is 1610. The van der Waals surface area contributed by atoms with E-state index in [0.29, 0.717) is 17.7 Å². The van der Waals surface area contributed by atoms with Crippen molar-refractivity contribution in [3.63, 3.8) is 0 Å². The van der Waals surface area contributed by atoms with Gasteiger partial charge >= 0.3 is 7.82 Å². The third-order valence-corrected chi connectivity index (χ3v) is 9.29. The summed E-state index contributed by atoms with van der Waals surface area (Å²) in [5, 5.41) is 12.1. The largest absolute Gasteiger partial charge is 0.504 e. The van der Waals surface area contributed by atoms with Gasteiger partial charge < -0.3 is 29.5 Å². The molecule has 9 heteroatoms. The van der Waals surface area contributed by atoms with Crippen molar-refractivity contribution in [3.05, 3.63) is 94.7 Å². The van der Waals surface area contributed by atoms with E-state index in [4.69, 9.17) is 24.0 Å².